The molecule has 0 aliphatic heterocycles. The first-order chi connectivity index (χ1) is 6.65. The Kier molecular flexibility index (Phi) is 4.42. The summed E-state index contributed by atoms with van der Waals surface area (Å²) in [6, 6.07) is 0. The molecular weight excluding hydrogens is 482 g/mol. The summed E-state index contributed by atoms with van der Waals surface area (Å²) < 4.78 is 106. The van der Waals surface area contributed by atoms with Crippen molar-refractivity contribution in [3.05, 3.63) is 0 Å². The summed E-state index contributed by atoms with van der Waals surface area (Å²) in [5, 5.41) is 0. The predicted molar refractivity (Wildman–Crippen MR) is 33.6 cm³/mol. The van der Waals surface area contributed by atoms with E-state index in [1.807, 2.05) is 0 Å². The number of hydrogen-bond acceptors (Lipinski definition) is 0. The van der Waals surface area contributed by atoms with Gasteiger partial charge < -0.3 is 0 Å². The van der Waals surface area contributed by atoms with E-state index < -0.39 is 40.2 Å². The molecule has 0 aliphatic rings. The van der Waals surface area contributed by atoms with Crippen LogP contribution in [0.1, 0.15) is 0 Å². The normalized spacial score (nSPS) is 15.8. The molecule has 12 heteroatoms. The first kappa shape index (κ1) is 16.5. The summed E-state index contributed by atoms with van der Waals surface area (Å²) in [4.78, 5) is 0. The molecule has 0 bridgehead atoms. The SMILES string of the molecule is FC(F)(F)[C](F)(F)[Bi]([Cl])[C](F)(F)C(F)(F)F. The number of rotatable bonds is 2. The molecule has 0 fully saturated rings. The Balaban J connectivity index is 5.30. The zero-order chi connectivity index (χ0) is 13.6. The second-order valence-corrected chi connectivity index (χ2v) is 11.9. The molecule has 98 valence electrons. The van der Waals surface area contributed by atoms with Crippen LogP contribution in [0.15, 0.2) is 0 Å². The van der Waals surface area contributed by atoms with Crippen LogP contribution < -0.4 is 0 Å². The summed E-state index contributed by atoms with van der Waals surface area (Å²) in [6.07, 6.45) is -13.0. The summed E-state index contributed by atoms with van der Waals surface area (Å²) in [6.45, 7) is 0. The fraction of sp³-hybridized carbons (Fsp3) is 1.00. The van der Waals surface area contributed by atoms with Crippen molar-refractivity contribution >= 4 is 29.1 Å². The van der Waals surface area contributed by atoms with E-state index in [9.17, 15) is 43.9 Å². The number of halogens is 11. The third-order valence-corrected chi connectivity index (χ3v) is 10.7. The van der Waals surface area contributed by atoms with Crippen LogP contribution in [-0.4, -0.2) is 40.2 Å². The topological polar surface area (TPSA) is 0 Å². The molecule has 0 aromatic carbocycles. The standard InChI is InChI=1S/2C2F5.Bi.ClH/c2*3-1(4)2(5,6)7;;/h;;;1H/q;;+1;/p-1. The van der Waals surface area contributed by atoms with Crippen LogP contribution in [0, 0.1) is 0 Å². The van der Waals surface area contributed by atoms with E-state index in [4.69, 9.17) is 0 Å². The summed E-state index contributed by atoms with van der Waals surface area (Å²) in [7, 11) is 4.10. The molecule has 0 spiro atoms. The monoisotopic (exact) mass is 482 g/mol. The van der Waals surface area contributed by atoms with Crippen molar-refractivity contribution in [1.29, 1.82) is 0 Å². The minimum absolute atomic E-state index is 4.10. The van der Waals surface area contributed by atoms with Gasteiger partial charge in [-0.05, 0) is 0 Å². The van der Waals surface area contributed by atoms with Gasteiger partial charge in [0.1, 0.15) is 0 Å². The van der Waals surface area contributed by atoms with Crippen molar-refractivity contribution < 1.29 is 43.9 Å². The van der Waals surface area contributed by atoms with Crippen molar-refractivity contribution in [1.82, 2.24) is 0 Å². The Morgan fingerprint density at radius 3 is 0.875 bits per heavy atom. The van der Waals surface area contributed by atoms with Gasteiger partial charge in [-0.15, -0.1) is 0 Å². The van der Waals surface area contributed by atoms with Gasteiger partial charge in [0.25, 0.3) is 0 Å². The Morgan fingerprint density at radius 2 is 0.750 bits per heavy atom. The van der Waals surface area contributed by atoms with Crippen LogP contribution >= 0.6 is 8.51 Å². The molecular formula is C4BiClF10. The molecule has 0 radical (unpaired) electrons. The maximum absolute atomic E-state index is 12.2. The Hall–Kier alpha value is 0.473. The quantitative estimate of drug-likeness (QED) is 0.416. The van der Waals surface area contributed by atoms with Gasteiger partial charge in [-0.25, -0.2) is 0 Å². The van der Waals surface area contributed by atoms with Crippen LogP contribution in [0.5, 0.6) is 0 Å². The fourth-order valence-electron chi connectivity index (χ4n) is 0.399. The summed E-state index contributed by atoms with van der Waals surface area (Å²) >= 11 is -7.04. The molecule has 0 saturated carbocycles. The molecule has 0 aromatic rings. The first-order valence-corrected chi connectivity index (χ1v) is 10.8. The molecule has 0 amide bonds. The Bertz CT molecular complexity index is 227. The van der Waals surface area contributed by atoms with Gasteiger partial charge in [0.15, 0.2) is 0 Å². The van der Waals surface area contributed by atoms with Crippen molar-refractivity contribution in [2.75, 3.05) is 0 Å². The Labute approximate surface area is 92.8 Å². The van der Waals surface area contributed by atoms with E-state index in [0.29, 0.717) is 0 Å². The molecule has 0 nitrogen and oxygen atoms in total. The van der Waals surface area contributed by atoms with Crippen LogP contribution in [0.25, 0.3) is 0 Å². The van der Waals surface area contributed by atoms with Gasteiger partial charge >= 0.3 is 92.6 Å². The van der Waals surface area contributed by atoms with Gasteiger partial charge in [-0.1, -0.05) is 0 Å². The van der Waals surface area contributed by atoms with Crippen molar-refractivity contribution in [3.63, 3.8) is 0 Å². The van der Waals surface area contributed by atoms with Crippen LogP contribution in [0.4, 0.5) is 43.9 Å². The molecule has 0 saturated heterocycles. The average Bonchev–Trinajstić information content (AvgIpc) is 1.98. The zero-order valence-electron chi connectivity index (χ0n) is 6.60. The predicted octanol–water partition coefficient (Wildman–Crippen LogP) is 3.69. The Morgan fingerprint density at radius 1 is 0.562 bits per heavy atom. The maximum atomic E-state index is 12.2. The molecule has 0 aromatic heterocycles. The minimum atomic E-state index is -7.04. The molecule has 16 heavy (non-hydrogen) atoms. The van der Waals surface area contributed by atoms with E-state index >= 15 is 0 Å². The second kappa shape index (κ2) is 4.29. The average molecular weight is 482 g/mol. The fourth-order valence-corrected chi connectivity index (χ4v) is 5.18. The third-order valence-electron chi connectivity index (χ3n) is 1.18. The summed E-state index contributed by atoms with van der Waals surface area (Å²) in [5.41, 5.74) is 0. The van der Waals surface area contributed by atoms with Crippen LogP contribution in [0.3, 0.4) is 0 Å². The van der Waals surface area contributed by atoms with Crippen LogP contribution in [0.2, 0.25) is 0 Å². The van der Waals surface area contributed by atoms with Gasteiger partial charge in [0.2, 0.25) is 0 Å². The molecule has 0 rings (SSSR count). The van der Waals surface area contributed by atoms with Gasteiger partial charge in [-0.2, -0.15) is 0 Å². The first-order valence-electron chi connectivity index (χ1n) is 3.01. The molecule has 0 heterocycles. The van der Waals surface area contributed by atoms with Crippen molar-refractivity contribution in [2.45, 2.75) is 19.6 Å². The molecule has 0 N–H and O–H groups in total. The molecule has 0 unspecified atom stereocenters. The van der Waals surface area contributed by atoms with Gasteiger partial charge in [0.05, 0.1) is 0 Å². The third kappa shape index (κ3) is 2.83. The zero-order valence-corrected chi connectivity index (χ0v) is 10.8. The van der Waals surface area contributed by atoms with E-state index in [-0.39, 0.29) is 0 Å². The summed E-state index contributed by atoms with van der Waals surface area (Å²) in [5.74, 6) is 0. The van der Waals surface area contributed by atoms with E-state index in [0.717, 1.165) is 0 Å². The van der Waals surface area contributed by atoms with Gasteiger partial charge in [0, 0.05) is 0 Å². The van der Waals surface area contributed by atoms with Crippen LogP contribution in [-0.2, 0) is 0 Å². The molecule has 0 aliphatic carbocycles. The van der Waals surface area contributed by atoms with Crippen molar-refractivity contribution in [3.8, 4) is 0 Å². The molecule has 0 atom stereocenters. The number of alkyl halides is 10. The van der Waals surface area contributed by atoms with Gasteiger partial charge in [-0.3, -0.25) is 0 Å². The van der Waals surface area contributed by atoms with Crippen molar-refractivity contribution in [2.24, 2.45) is 0 Å². The second-order valence-electron chi connectivity index (χ2n) is 2.36. The number of hydrogen-bond donors (Lipinski definition) is 0. The van der Waals surface area contributed by atoms with E-state index in [2.05, 4.69) is 8.51 Å². The van der Waals surface area contributed by atoms with E-state index in [1.54, 1.807) is 0 Å². The van der Waals surface area contributed by atoms with E-state index in [1.165, 1.54) is 0 Å².